The van der Waals surface area contributed by atoms with Crippen LogP contribution in [-0.4, -0.2) is 36.1 Å². The summed E-state index contributed by atoms with van der Waals surface area (Å²) in [5.74, 6) is 0. The molecule has 0 aliphatic carbocycles. The lowest BCUT2D eigenvalue weighted by atomic mass is 10.3. The fourth-order valence-electron chi connectivity index (χ4n) is 0.799. The van der Waals surface area contributed by atoms with Gasteiger partial charge in [0.05, 0.1) is 0 Å². The van der Waals surface area contributed by atoms with E-state index in [1.807, 2.05) is 31.4 Å². The Labute approximate surface area is 88.9 Å². The lowest BCUT2D eigenvalue weighted by Crippen LogP contribution is -2.10. The lowest BCUT2D eigenvalue weighted by molar-refractivity contribution is 0.381. The van der Waals surface area contributed by atoms with Crippen molar-refractivity contribution in [2.24, 2.45) is 0 Å². The van der Waals surface area contributed by atoms with E-state index in [9.17, 15) is 0 Å². The molecule has 15 heavy (non-hydrogen) atoms. The van der Waals surface area contributed by atoms with Gasteiger partial charge in [0.25, 0.3) is 0 Å². The van der Waals surface area contributed by atoms with Crippen LogP contribution in [0, 0.1) is 0 Å². The molecule has 0 aliphatic rings. The molecule has 0 unspecified atom stereocenters. The number of nitrogens with one attached hydrogen (secondary N) is 1. The zero-order valence-corrected chi connectivity index (χ0v) is 9.11. The van der Waals surface area contributed by atoms with Crippen molar-refractivity contribution in [3.63, 3.8) is 0 Å². The van der Waals surface area contributed by atoms with Crippen LogP contribution in [0.25, 0.3) is 0 Å². The van der Waals surface area contributed by atoms with Gasteiger partial charge >= 0.3 is 10.4 Å². The van der Waals surface area contributed by atoms with Crippen LogP contribution >= 0.6 is 0 Å². The Bertz CT molecular complexity index is 344. The molecule has 3 N–H and O–H groups in total. The van der Waals surface area contributed by atoms with Crippen LogP contribution in [0.2, 0.25) is 0 Å². The minimum Gasteiger partial charge on any atom is -0.319 e. The number of hydrogen-bond donors (Lipinski definition) is 3. The molecule has 0 radical (unpaired) electrons. The van der Waals surface area contributed by atoms with E-state index in [1.165, 1.54) is 0 Å². The molecular weight excluding hydrogens is 220 g/mol. The fourth-order valence-corrected chi connectivity index (χ4v) is 0.799. The highest BCUT2D eigenvalue weighted by Gasteiger charge is 1.88. The summed E-state index contributed by atoms with van der Waals surface area (Å²) in [5, 5.41) is 3.08. The van der Waals surface area contributed by atoms with Crippen molar-refractivity contribution >= 4 is 10.4 Å². The summed E-state index contributed by atoms with van der Waals surface area (Å²) in [7, 11) is -2.72. The first-order chi connectivity index (χ1) is 6.93. The van der Waals surface area contributed by atoms with Gasteiger partial charge in [0.1, 0.15) is 0 Å². The van der Waals surface area contributed by atoms with Crippen molar-refractivity contribution in [3.8, 4) is 0 Å². The van der Waals surface area contributed by atoms with Crippen molar-refractivity contribution in [3.05, 3.63) is 30.1 Å². The van der Waals surface area contributed by atoms with E-state index in [1.54, 1.807) is 0 Å². The van der Waals surface area contributed by atoms with E-state index in [0.29, 0.717) is 0 Å². The zero-order valence-electron chi connectivity index (χ0n) is 8.29. The minimum absolute atomic E-state index is 0.997. The number of aromatic nitrogens is 1. The Hall–Kier alpha value is -1.02. The maximum absolute atomic E-state index is 8.74. The number of nitrogens with zero attached hydrogens (tertiary/aromatic N) is 1. The minimum atomic E-state index is -4.67. The average molecular weight is 234 g/mol. The molecule has 0 aliphatic heterocycles. The Morgan fingerprint density at radius 2 is 2.00 bits per heavy atom. The summed E-state index contributed by atoms with van der Waals surface area (Å²) < 4.78 is 31.6. The highest BCUT2D eigenvalue weighted by atomic mass is 32.3. The van der Waals surface area contributed by atoms with Crippen LogP contribution in [0.4, 0.5) is 0 Å². The van der Waals surface area contributed by atoms with Gasteiger partial charge in [-0.25, -0.2) is 0 Å². The first kappa shape index (κ1) is 14.0. The fraction of sp³-hybridized carbons (Fsp3) is 0.375. The van der Waals surface area contributed by atoms with E-state index in [2.05, 4.69) is 10.3 Å². The number of pyridine rings is 1. The summed E-state index contributed by atoms with van der Waals surface area (Å²) in [4.78, 5) is 4.18. The molecule has 0 saturated carbocycles. The molecule has 1 rings (SSSR count). The predicted molar refractivity (Wildman–Crippen MR) is 56.0 cm³/mol. The van der Waals surface area contributed by atoms with Gasteiger partial charge in [0.15, 0.2) is 0 Å². The Kier molecular flexibility index (Phi) is 6.80. The van der Waals surface area contributed by atoms with E-state index >= 15 is 0 Å². The molecule has 86 valence electrons. The summed E-state index contributed by atoms with van der Waals surface area (Å²) >= 11 is 0. The number of hydrogen-bond acceptors (Lipinski definition) is 4. The van der Waals surface area contributed by atoms with Gasteiger partial charge in [-0.2, -0.15) is 8.42 Å². The van der Waals surface area contributed by atoms with Crippen LogP contribution in [0.1, 0.15) is 5.69 Å². The third-order valence-electron chi connectivity index (χ3n) is 1.36. The van der Waals surface area contributed by atoms with Crippen LogP contribution < -0.4 is 5.32 Å². The van der Waals surface area contributed by atoms with E-state index in [0.717, 1.165) is 18.7 Å². The van der Waals surface area contributed by atoms with Gasteiger partial charge < -0.3 is 5.32 Å². The highest BCUT2D eigenvalue weighted by molar-refractivity contribution is 7.79. The van der Waals surface area contributed by atoms with Crippen molar-refractivity contribution < 1.29 is 17.5 Å². The molecule has 0 aromatic carbocycles. The Balaban J connectivity index is 0.000000336. The van der Waals surface area contributed by atoms with Crippen LogP contribution in [0.5, 0.6) is 0 Å². The first-order valence-corrected chi connectivity index (χ1v) is 5.57. The molecule has 1 heterocycles. The van der Waals surface area contributed by atoms with E-state index in [-0.39, 0.29) is 0 Å². The smallest absolute Gasteiger partial charge is 0.319 e. The van der Waals surface area contributed by atoms with E-state index in [4.69, 9.17) is 17.5 Å². The predicted octanol–water partition coefficient (Wildman–Crippen LogP) is 0.191. The standard InChI is InChI=1S/C8H12N2.H2O4S/c1-9-7-5-8-4-2-3-6-10-8;1-5(2,3)4/h2-4,6,9H,5,7H2,1H3;(H2,1,2,3,4). The van der Waals surface area contributed by atoms with Gasteiger partial charge in [-0.1, -0.05) is 6.07 Å². The summed E-state index contributed by atoms with van der Waals surface area (Å²) in [6.45, 7) is 0.997. The Morgan fingerprint density at radius 3 is 2.40 bits per heavy atom. The van der Waals surface area contributed by atoms with Crippen molar-refractivity contribution in [1.29, 1.82) is 0 Å². The molecule has 6 nitrogen and oxygen atoms in total. The molecule has 0 amide bonds. The second-order valence-electron chi connectivity index (χ2n) is 2.62. The van der Waals surface area contributed by atoms with Crippen LogP contribution in [0.3, 0.4) is 0 Å². The van der Waals surface area contributed by atoms with Crippen molar-refractivity contribution in [1.82, 2.24) is 10.3 Å². The summed E-state index contributed by atoms with van der Waals surface area (Å²) in [6.07, 6.45) is 2.84. The third kappa shape index (κ3) is 13.0. The SMILES string of the molecule is CNCCc1ccccn1.O=S(=O)(O)O. The lowest BCUT2D eigenvalue weighted by Gasteiger charge is -1.96. The van der Waals surface area contributed by atoms with Gasteiger partial charge in [-0.15, -0.1) is 0 Å². The summed E-state index contributed by atoms with van der Waals surface area (Å²) in [6, 6.07) is 5.98. The molecule has 1 aromatic rings. The molecule has 0 fully saturated rings. The molecule has 1 aromatic heterocycles. The largest absolute Gasteiger partial charge is 0.394 e. The molecule has 0 spiro atoms. The molecule has 0 atom stereocenters. The maximum atomic E-state index is 8.74. The van der Waals surface area contributed by atoms with Gasteiger partial charge in [0, 0.05) is 24.9 Å². The Morgan fingerprint density at radius 1 is 1.40 bits per heavy atom. The second-order valence-corrected chi connectivity index (χ2v) is 3.52. The van der Waals surface area contributed by atoms with Crippen LogP contribution in [-0.2, 0) is 16.8 Å². The highest BCUT2D eigenvalue weighted by Crippen LogP contribution is 1.92. The molecule has 0 bridgehead atoms. The van der Waals surface area contributed by atoms with Gasteiger partial charge in [-0.3, -0.25) is 14.1 Å². The third-order valence-corrected chi connectivity index (χ3v) is 1.36. The first-order valence-electron chi connectivity index (χ1n) is 4.18. The molecular formula is C8H14N2O4S. The van der Waals surface area contributed by atoms with Gasteiger partial charge in [-0.05, 0) is 19.2 Å². The number of likely N-dealkylation sites (N-methyl/N-ethyl adjacent to an activating group) is 1. The topological polar surface area (TPSA) is 99.5 Å². The maximum Gasteiger partial charge on any atom is 0.394 e. The quantitative estimate of drug-likeness (QED) is 0.646. The molecule has 0 saturated heterocycles. The normalized spacial score (nSPS) is 10.3. The van der Waals surface area contributed by atoms with Gasteiger partial charge in [0.2, 0.25) is 0 Å². The van der Waals surface area contributed by atoms with E-state index < -0.39 is 10.4 Å². The average Bonchev–Trinajstić information content (AvgIpc) is 2.14. The zero-order chi connectivity index (χ0) is 11.7. The van der Waals surface area contributed by atoms with Crippen molar-refractivity contribution in [2.75, 3.05) is 13.6 Å². The molecule has 7 heteroatoms. The van der Waals surface area contributed by atoms with Crippen molar-refractivity contribution in [2.45, 2.75) is 6.42 Å². The number of rotatable bonds is 3. The van der Waals surface area contributed by atoms with Crippen LogP contribution in [0.15, 0.2) is 24.4 Å². The second kappa shape index (κ2) is 7.30. The monoisotopic (exact) mass is 234 g/mol. The summed E-state index contributed by atoms with van der Waals surface area (Å²) in [5.41, 5.74) is 1.15.